The highest BCUT2D eigenvalue weighted by molar-refractivity contribution is 7.21. The molecule has 4 aromatic rings. The zero-order valence-corrected chi connectivity index (χ0v) is 19.1. The standard InChI is InChI=1S/C24H26N6OS/c1-15-7-8-21(27-19(15)13-30-10-4-6-17(30)14-31)29-22-11-18-20(12-26-22)32-24(28-18)23-16(2)5-3-9-25-23/h3,5,7-9,11-12,17,31H,4,6,10,13-14H2,1-2H3,(H,26,27,29)/t17-/m0/s1. The summed E-state index contributed by atoms with van der Waals surface area (Å²) in [7, 11) is 0. The van der Waals surface area contributed by atoms with Gasteiger partial charge in [0, 0.05) is 31.0 Å². The average molecular weight is 447 g/mol. The molecule has 1 aliphatic rings. The second-order valence-corrected chi connectivity index (χ2v) is 9.29. The average Bonchev–Trinajstić information content (AvgIpc) is 3.42. The number of aryl methyl sites for hydroxylation is 2. The van der Waals surface area contributed by atoms with Gasteiger partial charge in [0.2, 0.25) is 0 Å². The van der Waals surface area contributed by atoms with E-state index in [9.17, 15) is 5.11 Å². The number of thiazole rings is 1. The van der Waals surface area contributed by atoms with E-state index in [4.69, 9.17) is 9.97 Å². The molecule has 1 atom stereocenters. The smallest absolute Gasteiger partial charge is 0.143 e. The van der Waals surface area contributed by atoms with Gasteiger partial charge in [-0.3, -0.25) is 9.88 Å². The van der Waals surface area contributed by atoms with Gasteiger partial charge in [-0.2, -0.15) is 0 Å². The van der Waals surface area contributed by atoms with Crippen molar-refractivity contribution in [2.75, 3.05) is 18.5 Å². The second kappa shape index (κ2) is 8.90. The van der Waals surface area contributed by atoms with Crippen molar-refractivity contribution in [2.24, 2.45) is 0 Å². The van der Waals surface area contributed by atoms with E-state index in [1.54, 1.807) is 17.5 Å². The Labute approximate surface area is 191 Å². The molecule has 32 heavy (non-hydrogen) atoms. The number of aliphatic hydroxyl groups is 1. The fraction of sp³-hybridized carbons (Fsp3) is 0.333. The van der Waals surface area contributed by atoms with Gasteiger partial charge < -0.3 is 10.4 Å². The van der Waals surface area contributed by atoms with Gasteiger partial charge in [0.25, 0.3) is 0 Å². The van der Waals surface area contributed by atoms with Crippen molar-refractivity contribution in [2.45, 2.75) is 39.3 Å². The van der Waals surface area contributed by atoms with Crippen LogP contribution in [-0.2, 0) is 6.54 Å². The lowest BCUT2D eigenvalue weighted by Gasteiger charge is -2.23. The van der Waals surface area contributed by atoms with E-state index in [-0.39, 0.29) is 12.6 Å². The Balaban J connectivity index is 1.38. The Morgan fingerprint density at radius 3 is 2.88 bits per heavy atom. The maximum atomic E-state index is 9.62. The van der Waals surface area contributed by atoms with Gasteiger partial charge in [0.15, 0.2) is 0 Å². The summed E-state index contributed by atoms with van der Waals surface area (Å²) in [5, 5.41) is 13.9. The highest BCUT2D eigenvalue weighted by Crippen LogP contribution is 2.31. The number of hydrogen-bond donors (Lipinski definition) is 2. The number of aromatic nitrogens is 4. The van der Waals surface area contributed by atoms with Crippen LogP contribution in [0.4, 0.5) is 11.6 Å². The number of likely N-dealkylation sites (tertiary alicyclic amines) is 1. The summed E-state index contributed by atoms with van der Waals surface area (Å²) in [5.41, 5.74) is 5.09. The summed E-state index contributed by atoms with van der Waals surface area (Å²) in [5.74, 6) is 1.47. The molecule has 0 bridgehead atoms. The quantitative estimate of drug-likeness (QED) is 0.452. The van der Waals surface area contributed by atoms with Gasteiger partial charge in [0.1, 0.15) is 22.3 Å². The number of hydrogen-bond acceptors (Lipinski definition) is 8. The van der Waals surface area contributed by atoms with Crippen LogP contribution in [0.2, 0.25) is 0 Å². The number of rotatable bonds is 6. The molecule has 0 unspecified atom stereocenters. The van der Waals surface area contributed by atoms with Crippen LogP contribution in [-0.4, -0.2) is 49.1 Å². The van der Waals surface area contributed by atoms with Crippen molar-refractivity contribution >= 4 is 33.2 Å². The number of nitrogens with zero attached hydrogens (tertiary/aromatic N) is 5. The molecule has 0 aromatic carbocycles. The third kappa shape index (κ3) is 4.21. The summed E-state index contributed by atoms with van der Waals surface area (Å²) in [6.45, 7) is 6.08. The Morgan fingerprint density at radius 1 is 1.12 bits per heavy atom. The fourth-order valence-corrected chi connectivity index (χ4v) is 5.13. The molecule has 0 amide bonds. The first kappa shape index (κ1) is 20.9. The van der Waals surface area contributed by atoms with E-state index in [2.05, 4.69) is 33.2 Å². The van der Waals surface area contributed by atoms with E-state index in [1.807, 2.05) is 37.4 Å². The van der Waals surface area contributed by atoms with E-state index in [0.29, 0.717) is 5.82 Å². The summed E-state index contributed by atoms with van der Waals surface area (Å²) in [6, 6.07) is 10.2. The highest BCUT2D eigenvalue weighted by Gasteiger charge is 2.24. The largest absolute Gasteiger partial charge is 0.395 e. The summed E-state index contributed by atoms with van der Waals surface area (Å²) in [4.78, 5) is 21.0. The summed E-state index contributed by atoms with van der Waals surface area (Å²) in [6.07, 6.45) is 5.82. The molecule has 5 rings (SSSR count). The molecule has 2 N–H and O–H groups in total. The molecule has 1 saturated heterocycles. The van der Waals surface area contributed by atoms with E-state index >= 15 is 0 Å². The lowest BCUT2D eigenvalue weighted by Crippen LogP contribution is -2.32. The maximum Gasteiger partial charge on any atom is 0.143 e. The lowest BCUT2D eigenvalue weighted by molar-refractivity contribution is 0.152. The molecule has 1 fully saturated rings. The van der Waals surface area contributed by atoms with Crippen LogP contribution < -0.4 is 5.32 Å². The minimum atomic E-state index is 0.203. The molecule has 0 aliphatic carbocycles. The second-order valence-electron chi connectivity index (χ2n) is 8.26. The first-order valence-corrected chi connectivity index (χ1v) is 11.7. The molecule has 164 valence electrons. The molecule has 0 radical (unpaired) electrons. The monoisotopic (exact) mass is 446 g/mol. The van der Waals surface area contributed by atoms with Crippen molar-refractivity contribution in [3.05, 3.63) is 59.5 Å². The number of aliphatic hydroxyl groups excluding tert-OH is 1. The van der Waals surface area contributed by atoms with E-state index in [1.165, 1.54) is 0 Å². The van der Waals surface area contributed by atoms with Crippen molar-refractivity contribution in [3.63, 3.8) is 0 Å². The number of pyridine rings is 3. The van der Waals surface area contributed by atoms with Crippen molar-refractivity contribution in [1.82, 2.24) is 24.8 Å². The summed E-state index contributed by atoms with van der Waals surface area (Å²) < 4.78 is 1.03. The van der Waals surface area contributed by atoms with Gasteiger partial charge in [-0.05, 0) is 56.5 Å². The van der Waals surface area contributed by atoms with Crippen molar-refractivity contribution in [3.8, 4) is 10.7 Å². The normalized spacial score (nSPS) is 16.7. The topological polar surface area (TPSA) is 87.1 Å². The predicted octanol–water partition coefficient (Wildman–Crippen LogP) is 4.47. The van der Waals surface area contributed by atoms with Crippen LogP contribution in [0.3, 0.4) is 0 Å². The van der Waals surface area contributed by atoms with Crippen molar-refractivity contribution < 1.29 is 5.11 Å². The van der Waals surface area contributed by atoms with Crippen LogP contribution in [0, 0.1) is 13.8 Å². The van der Waals surface area contributed by atoms with Crippen LogP contribution in [0.5, 0.6) is 0 Å². The first-order chi connectivity index (χ1) is 15.6. The van der Waals surface area contributed by atoms with Crippen LogP contribution in [0.1, 0.15) is 29.7 Å². The molecule has 0 spiro atoms. The Morgan fingerprint density at radius 2 is 2.03 bits per heavy atom. The van der Waals surface area contributed by atoms with Crippen LogP contribution in [0.25, 0.3) is 20.9 Å². The molecule has 5 heterocycles. The van der Waals surface area contributed by atoms with E-state index < -0.39 is 0 Å². The van der Waals surface area contributed by atoms with Gasteiger partial charge in [-0.15, -0.1) is 11.3 Å². The SMILES string of the molecule is Cc1ccc(Nc2cc3nc(-c4ncccc4C)sc3cn2)nc1CN1CCC[C@H]1CO. The number of nitrogens with one attached hydrogen (secondary N) is 1. The molecular weight excluding hydrogens is 420 g/mol. The lowest BCUT2D eigenvalue weighted by atomic mass is 10.2. The minimum absolute atomic E-state index is 0.203. The zero-order chi connectivity index (χ0) is 22.1. The number of anilines is 2. The molecule has 8 heteroatoms. The van der Waals surface area contributed by atoms with Crippen LogP contribution >= 0.6 is 11.3 Å². The highest BCUT2D eigenvalue weighted by atomic mass is 32.1. The third-order valence-corrected chi connectivity index (χ3v) is 7.02. The maximum absolute atomic E-state index is 9.62. The van der Waals surface area contributed by atoms with E-state index in [0.717, 1.165) is 69.5 Å². The predicted molar refractivity (Wildman–Crippen MR) is 128 cm³/mol. The van der Waals surface area contributed by atoms with Gasteiger partial charge in [-0.25, -0.2) is 15.0 Å². The van der Waals surface area contributed by atoms with Crippen LogP contribution in [0.15, 0.2) is 42.7 Å². The third-order valence-electron chi connectivity index (χ3n) is 6.01. The zero-order valence-electron chi connectivity index (χ0n) is 18.2. The van der Waals surface area contributed by atoms with Gasteiger partial charge in [0.05, 0.1) is 22.5 Å². The molecular formula is C24H26N6OS. The minimum Gasteiger partial charge on any atom is -0.395 e. The Bertz CT molecular complexity index is 1260. The molecule has 4 aromatic heterocycles. The Kier molecular flexibility index (Phi) is 5.82. The molecule has 1 aliphatic heterocycles. The fourth-order valence-electron chi connectivity index (χ4n) is 4.15. The molecule has 0 saturated carbocycles. The summed E-state index contributed by atoms with van der Waals surface area (Å²) >= 11 is 1.60. The number of fused-ring (bicyclic) bond motifs is 1. The van der Waals surface area contributed by atoms with Gasteiger partial charge in [-0.1, -0.05) is 12.1 Å². The molecule has 7 nitrogen and oxygen atoms in total. The van der Waals surface area contributed by atoms with Crippen molar-refractivity contribution in [1.29, 1.82) is 0 Å². The Hall–Kier alpha value is -2.94. The first-order valence-electron chi connectivity index (χ1n) is 10.9. The van der Waals surface area contributed by atoms with Gasteiger partial charge >= 0.3 is 0 Å².